The maximum absolute atomic E-state index is 5.95. The van der Waals surface area contributed by atoms with E-state index in [4.69, 9.17) is 4.74 Å². The van der Waals surface area contributed by atoms with E-state index in [1.54, 1.807) is 0 Å². The highest BCUT2D eigenvalue weighted by atomic mass is 16.5. The van der Waals surface area contributed by atoms with Crippen LogP contribution in [0, 0.1) is 6.92 Å². The Kier molecular flexibility index (Phi) is 3.00. The molecule has 4 aromatic rings. The molecule has 0 N–H and O–H groups in total. The van der Waals surface area contributed by atoms with Gasteiger partial charge in [-0.05, 0) is 31.2 Å². The monoisotopic (exact) mass is 289 g/mol. The number of ether oxygens (including phenoxy) is 1. The van der Waals surface area contributed by atoms with Gasteiger partial charge in [-0.25, -0.2) is 9.97 Å². The Labute approximate surface area is 128 Å². The minimum Gasteiger partial charge on any atom is -0.485 e. The van der Waals surface area contributed by atoms with Crippen LogP contribution in [-0.2, 0) is 6.61 Å². The van der Waals surface area contributed by atoms with Gasteiger partial charge in [0.2, 0.25) is 0 Å². The molecule has 4 nitrogen and oxygen atoms in total. The molecular formula is C18H15N3O. The van der Waals surface area contributed by atoms with Crippen molar-refractivity contribution >= 4 is 16.6 Å². The van der Waals surface area contributed by atoms with E-state index in [-0.39, 0.29) is 0 Å². The number of aromatic nitrogens is 3. The quantitative estimate of drug-likeness (QED) is 0.576. The van der Waals surface area contributed by atoms with Gasteiger partial charge in [0.15, 0.2) is 0 Å². The number of pyridine rings is 2. The summed E-state index contributed by atoms with van der Waals surface area (Å²) in [4.78, 5) is 9.12. The lowest BCUT2D eigenvalue weighted by atomic mass is 10.2. The van der Waals surface area contributed by atoms with Crippen molar-refractivity contribution in [2.45, 2.75) is 13.5 Å². The summed E-state index contributed by atoms with van der Waals surface area (Å²) < 4.78 is 7.94. The normalized spacial score (nSPS) is 11.1. The van der Waals surface area contributed by atoms with Crippen molar-refractivity contribution in [1.82, 2.24) is 14.4 Å². The van der Waals surface area contributed by atoms with E-state index in [0.717, 1.165) is 33.7 Å². The van der Waals surface area contributed by atoms with Gasteiger partial charge in [-0.2, -0.15) is 0 Å². The fraction of sp³-hybridized carbons (Fsp3) is 0.111. The van der Waals surface area contributed by atoms with E-state index in [1.165, 1.54) is 0 Å². The molecule has 3 aromatic heterocycles. The SMILES string of the molecule is Cc1ccc2cccc(OCc3cn4ccccc4n3)c2n1. The van der Waals surface area contributed by atoms with Crippen molar-refractivity contribution < 1.29 is 4.74 Å². The smallest absolute Gasteiger partial charge is 0.146 e. The molecule has 0 aliphatic rings. The van der Waals surface area contributed by atoms with Crippen molar-refractivity contribution in [3.05, 3.63) is 72.3 Å². The highest BCUT2D eigenvalue weighted by Crippen LogP contribution is 2.24. The topological polar surface area (TPSA) is 39.4 Å². The predicted octanol–water partition coefficient (Wildman–Crippen LogP) is 3.77. The highest BCUT2D eigenvalue weighted by Gasteiger charge is 2.06. The summed E-state index contributed by atoms with van der Waals surface area (Å²) in [6.45, 7) is 2.41. The second-order valence-electron chi connectivity index (χ2n) is 5.27. The molecule has 0 fully saturated rings. The van der Waals surface area contributed by atoms with Gasteiger partial charge >= 0.3 is 0 Å². The van der Waals surface area contributed by atoms with E-state index in [0.29, 0.717) is 6.61 Å². The Morgan fingerprint density at radius 1 is 1.00 bits per heavy atom. The van der Waals surface area contributed by atoms with Crippen LogP contribution in [0.25, 0.3) is 16.6 Å². The summed E-state index contributed by atoms with van der Waals surface area (Å²) in [7, 11) is 0. The van der Waals surface area contributed by atoms with Crippen LogP contribution in [0.15, 0.2) is 60.9 Å². The number of imidazole rings is 1. The van der Waals surface area contributed by atoms with Crippen LogP contribution in [0.3, 0.4) is 0 Å². The fourth-order valence-electron chi connectivity index (χ4n) is 2.54. The molecule has 0 aliphatic heterocycles. The van der Waals surface area contributed by atoms with E-state index >= 15 is 0 Å². The van der Waals surface area contributed by atoms with Crippen LogP contribution < -0.4 is 4.74 Å². The maximum Gasteiger partial charge on any atom is 0.146 e. The molecule has 0 spiro atoms. The van der Waals surface area contributed by atoms with Crippen LogP contribution in [0.1, 0.15) is 11.4 Å². The van der Waals surface area contributed by atoms with Gasteiger partial charge in [0.25, 0.3) is 0 Å². The number of benzene rings is 1. The number of fused-ring (bicyclic) bond motifs is 2. The van der Waals surface area contributed by atoms with Crippen LogP contribution in [0.4, 0.5) is 0 Å². The van der Waals surface area contributed by atoms with Crippen LogP contribution in [0.5, 0.6) is 5.75 Å². The Morgan fingerprint density at radius 3 is 2.86 bits per heavy atom. The summed E-state index contributed by atoms with van der Waals surface area (Å²) in [5.74, 6) is 0.790. The van der Waals surface area contributed by atoms with E-state index in [2.05, 4.69) is 16.0 Å². The third-order valence-electron chi connectivity index (χ3n) is 3.61. The zero-order valence-electron chi connectivity index (χ0n) is 12.2. The zero-order valence-corrected chi connectivity index (χ0v) is 12.2. The summed E-state index contributed by atoms with van der Waals surface area (Å²) in [5, 5.41) is 1.08. The van der Waals surface area contributed by atoms with E-state index < -0.39 is 0 Å². The number of para-hydroxylation sites is 1. The van der Waals surface area contributed by atoms with E-state index in [1.807, 2.05) is 66.2 Å². The number of aryl methyl sites for hydroxylation is 1. The Bertz CT molecular complexity index is 926. The van der Waals surface area contributed by atoms with Gasteiger partial charge in [0.05, 0.1) is 5.69 Å². The van der Waals surface area contributed by atoms with Gasteiger partial charge < -0.3 is 9.14 Å². The fourth-order valence-corrected chi connectivity index (χ4v) is 2.54. The Hall–Kier alpha value is -2.88. The first-order chi connectivity index (χ1) is 10.8. The molecule has 1 aromatic carbocycles. The molecule has 0 aliphatic carbocycles. The summed E-state index contributed by atoms with van der Waals surface area (Å²) in [6.07, 6.45) is 3.97. The second kappa shape index (κ2) is 5.15. The van der Waals surface area contributed by atoms with Crippen LogP contribution >= 0.6 is 0 Å². The summed E-state index contributed by atoms with van der Waals surface area (Å²) in [5.41, 5.74) is 3.70. The molecule has 0 saturated carbocycles. The first kappa shape index (κ1) is 12.8. The second-order valence-corrected chi connectivity index (χ2v) is 5.27. The van der Waals surface area contributed by atoms with Crippen molar-refractivity contribution in [2.24, 2.45) is 0 Å². The lowest BCUT2D eigenvalue weighted by molar-refractivity contribution is 0.305. The average Bonchev–Trinajstić information content (AvgIpc) is 2.95. The van der Waals surface area contributed by atoms with Crippen molar-refractivity contribution in [2.75, 3.05) is 0 Å². The van der Waals surface area contributed by atoms with Gasteiger partial charge in [-0.3, -0.25) is 0 Å². The molecule has 4 heteroatoms. The van der Waals surface area contributed by atoms with Gasteiger partial charge in [-0.1, -0.05) is 24.3 Å². The number of hydrogen-bond acceptors (Lipinski definition) is 3. The number of nitrogens with zero attached hydrogens (tertiary/aromatic N) is 3. The number of rotatable bonds is 3. The molecule has 0 atom stereocenters. The first-order valence-electron chi connectivity index (χ1n) is 7.21. The summed E-state index contributed by atoms with van der Waals surface area (Å²) in [6, 6.07) is 16.0. The zero-order chi connectivity index (χ0) is 14.9. The molecule has 108 valence electrons. The third kappa shape index (κ3) is 2.29. The Morgan fingerprint density at radius 2 is 1.95 bits per heavy atom. The lowest BCUT2D eigenvalue weighted by Crippen LogP contribution is -1.97. The lowest BCUT2D eigenvalue weighted by Gasteiger charge is -2.07. The average molecular weight is 289 g/mol. The molecular weight excluding hydrogens is 274 g/mol. The Balaban J connectivity index is 1.64. The molecule has 3 heterocycles. The van der Waals surface area contributed by atoms with Gasteiger partial charge in [0, 0.05) is 23.5 Å². The minimum atomic E-state index is 0.427. The van der Waals surface area contributed by atoms with E-state index in [9.17, 15) is 0 Å². The highest BCUT2D eigenvalue weighted by molar-refractivity contribution is 5.84. The molecule has 4 rings (SSSR count). The number of hydrogen-bond donors (Lipinski definition) is 0. The van der Waals surface area contributed by atoms with Crippen molar-refractivity contribution in [3.8, 4) is 5.75 Å². The molecule has 0 saturated heterocycles. The molecule has 0 radical (unpaired) electrons. The first-order valence-corrected chi connectivity index (χ1v) is 7.21. The minimum absolute atomic E-state index is 0.427. The molecule has 0 unspecified atom stereocenters. The maximum atomic E-state index is 5.95. The van der Waals surface area contributed by atoms with Crippen LogP contribution in [-0.4, -0.2) is 14.4 Å². The van der Waals surface area contributed by atoms with Gasteiger partial charge in [0.1, 0.15) is 23.5 Å². The molecule has 0 bridgehead atoms. The predicted molar refractivity (Wildman–Crippen MR) is 86.0 cm³/mol. The molecule has 22 heavy (non-hydrogen) atoms. The van der Waals surface area contributed by atoms with Gasteiger partial charge in [-0.15, -0.1) is 0 Å². The summed E-state index contributed by atoms with van der Waals surface area (Å²) >= 11 is 0. The molecule has 0 amide bonds. The van der Waals surface area contributed by atoms with Crippen molar-refractivity contribution in [1.29, 1.82) is 0 Å². The standard InChI is InChI=1S/C18H15N3O/c1-13-8-9-14-5-4-6-16(18(14)19-13)22-12-15-11-21-10-3-2-7-17(21)20-15/h2-11H,12H2,1H3. The third-order valence-corrected chi connectivity index (χ3v) is 3.61. The van der Waals surface area contributed by atoms with Crippen LogP contribution in [0.2, 0.25) is 0 Å². The largest absolute Gasteiger partial charge is 0.485 e. The van der Waals surface area contributed by atoms with Crippen molar-refractivity contribution in [3.63, 3.8) is 0 Å².